The number of carboxylic acids is 1. The van der Waals surface area contributed by atoms with Gasteiger partial charge in [0.05, 0.1) is 0 Å². The molecule has 2 amide bonds. The molecule has 0 spiro atoms. The van der Waals surface area contributed by atoms with Gasteiger partial charge in [-0.25, -0.2) is 14.0 Å². The zero-order chi connectivity index (χ0) is 15.3. The van der Waals surface area contributed by atoms with E-state index in [2.05, 4.69) is 10.6 Å². The van der Waals surface area contributed by atoms with E-state index in [9.17, 15) is 14.0 Å². The molecule has 0 aromatic heterocycles. The Balaban J connectivity index is 2.45. The van der Waals surface area contributed by atoms with E-state index in [1.54, 1.807) is 13.0 Å². The highest BCUT2D eigenvalue weighted by atomic mass is 19.1. The Labute approximate surface area is 117 Å². The number of amides is 2. The molecule has 0 fully saturated rings. The lowest BCUT2D eigenvalue weighted by Gasteiger charge is -2.21. The van der Waals surface area contributed by atoms with E-state index in [1.807, 2.05) is 0 Å². The van der Waals surface area contributed by atoms with Crippen molar-refractivity contribution < 1.29 is 19.1 Å². The fourth-order valence-electron chi connectivity index (χ4n) is 1.63. The van der Waals surface area contributed by atoms with E-state index >= 15 is 0 Å². The van der Waals surface area contributed by atoms with Gasteiger partial charge in [-0.1, -0.05) is 6.07 Å². The topological polar surface area (TPSA) is 78.4 Å². The number of urea groups is 1. The lowest BCUT2D eigenvalue weighted by molar-refractivity contribution is -0.142. The van der Waals surface area contributed by atoms with Crippen molar-refractivity contribution in [1.29, 1.82) is 0 Å². The van der Waals surface area contributed by atoms with Crippen molar-refractivity contribution in [3.05, 3.63) is 35.1 Å². The van der Waals surface area contributed by atoms with Crippen LogP contribution in [0, 0.1) is 12.7 Å². The normalized spacial score (nSPS) is 11.0. The number of hydrogen-bond acceptors (Lipinski definition) is 2. The summed E-state index contributed by atoms with van der Waals surface area (Å²) < 4.78 is 12.9. The van der Waals surface area contributed by atoms with Gasteiger partial charge in [-0.05, 0) is 50.5 Å². The number of nitrogens with one attached hydrogen (secondary N) is 2. The molecular formula is C14H19FN2O3. The molecule has 6 heteroatoms. The first-order valence-corrected chi connectivity index (χ1v) is 6.27. The van der Waals surface area contributed by atoms with Crippen LogP contribution in [-0.4, -0.2) is 29.2 Å². The van der Waals surface area contributed by atoms with Crippen LogP contribution in [0.3, 0.4) is 0 Å². The summed E-state index contributed by atoms with van der Waals surface area (Å²) in [5.41, 5.74) is 0.429. The van der Waals surface area contributed by atoms with Crippen LogP contribution in [0.1, 0.15) is 25.0 Å². The van der Waals surface area contributed by atoms with Gasteiger partial charge in [-0.2, -0.15) is 0 Å². The Morgan fingerprint density at radius 1 is 1.35 bits per heavy atom. The predicted molar refractivity (Wildman–Crippen MR) is 73.1 cm³/mol. The van der Waals surface area contributed by atoms with Crippen molar-refractivity contribution in [3.8, 4) is 0 Å². The Morgan fingerprint density at radius 2 is 2.00 bits per heavy atom. The van der Waals surface area contributed by atoms with Crippen LogP contribution < -0.4 is 10.6 Å². The highest BCUT2D eigenvalue weighted by Crippen LogP contribution is 2.10. The van der Waals surface area contributed by atoms with Crippen LogP contribution in [0.2, 0.25) is 0 Å². The quantitative estimate of drug-likeness (QED) is 0.771. The summed E-state index contributed by atoms with van der Waals surface area (Å²) in [5.74, 6) is -1.40. The number of carboxylic acid groups (broad SMARTS) is 1. The van der Waals surface area contributed by atoms with Gasteiger partial charge >= 0.3 is 12.0 Å². The molecule has 0 saturated heterocycles. The maximum Gasteiger partial charge on any atom is 0.328 e. The van der Waals surface area contributed by atoms with E-state index in [-0.39, 0.29) is 5.82 Å². The highest BCUT2D eigenvalue weighted by Gasteiger charge is 2.28. The maximum atomic E-state index is 12.9. The molecule has 0 bridgehead atoms. The van der Waals surface area contributed by atoms with Gasteiger partial charge in [0.15, 0.2) is 0 Å². The molecule has 1 rings (SSSR count). The van der Waals surface area contributed by atoms with Crippen LogP contribution in [0.5, 0.6) is 0 Å². The molecule has 0 aliphatic carbocycles. The molecule has 0 aliphatic rings. The average Bonchev–Trinajstić information content (AvgIpc) is 2.31. The van der Waals surface area contributed by atoms with Crippen LogP contribution in [0.15, 0.2) is 18.2 Å². The molecule has 5 nitrogen and oxygen atoms in total. The summed E-state index contributed by atoms with van der Waals surface area (Å²) in [6.07, 6.45) is 0.549. The molecule has 20 heavy (non-hydrogen) atoms. The predicted octanol–water partition coefficient (Wildman–Crippen LogP) is 1.84. The zero-order valence-electron chi connectivity index (χ0n) is 11.8. The molecular weight excluding hydrogens is 263 g/mol. The molecule has 0 radical (unpaired) electrons. The van der Waals surface area contributed by atoms with Gasteiger partial charge in [-0.3, -0.25) is 0 Å². The first-order chi connectivity index (χ1) is 9.22. The van der Waals surface area contributed by atoms with Crippen LogP contribution >= 0.6 is 0 Å². The molecule has 0 saturated carbocycles. The molecule has 1 aromatic carbocycles. The Morgan fingerprint density at radius 3 is 2.55 bits per heavy atom. The van der Waals surface area contributed by atoms with Crippen LogP contribution in [0.4, 0.5) is 9.18 Å². The number of aryl methyl sites for hydroxylation is 1. The van der Waals surface area contributed by atoms with E-state index in [4.69, 9.17) is 5.11 Å². The second kappa shape index (κ2) is 6.36. The van der Waals surface area contributed by atoms with Gasteiger partial charge in [0.1, 0.15) is 11.4 Å². The molecule has 110 valence electrons. The second-order valence-electron chi connectivity index (χ2n) is 5.13. The summed E-state index contributed by atoms with van der Waals surface area (Å²) in [7, 11) is 0. The van der Waals surface area contributed by atoms with Crippen molar-refractivity contribution in [2.75, 3.05) is 6.54 Å². The van der Waals surface area contributed by atoms with E-state index in [0.717, 1.165) is 11.1 Å². The van der Waals surface area contributed by atoms with E-state index < -0.39 is 17.5 Å². The Kier molecular flexibility index (Phi) is 5.07. The number of aliphatic carboxylic acids is 1. The van der Waals surface area contributed by atoms with Crippen LogP contribution in [-0.2, 0) is 11.2 Å². The number of halogens is 1. The summed E-state index contributed by atoms with van der Waals surface area (Å²) in [5, 5.41) is 13.8. The third-order valence-electron chi connectivity index (χ3n) is 2.95. The first-order valence-electron chi connectivity index (χ1n) is 6.27. The molecule has 0 heterocycles. The summed E-state index contributed by atoms with van der Waals surface area (Å²) in [6, 6.07) is 3.93. The number of benzene rings is 1. The largest absolute Gasteiger partial charge is 0.480 e. The summed E-state index contributed by atoms with van der Waals surface area (Å²) in [6.45, 7) is 4.94. The average molecular weight is 282 g/mol. The van der Waals surface area contributed by atoms with Gasteiger partial charge in [0.2, 0.25) is 0 Å². The molecule has 1 aromatic rings. The van der Waals surface area contributed by atoms with E-state index in [1.165, 1.54) is 26.0 Å². The van der Waals surface area contributed by atoms with Crippen molar-refractivity contribution in [2.45, 2.75) is 32.7 Å². The number of rotatable bonds is 5. The molecule has 0 aliphatic heterocycles. The van der Waals surface area contributed by atoms with Gasteiger partial charge in [-0.15, -0.1) is 0 Å². The SMILES string of the molecule is Cc1cc(F)ccc1CCNC(=O)NC(C)(C)C(=O)O. The van der Waals surface area contributed by atoms with Crippen molar-refractivity contribution in [2.24, 2.45) is 0 Å². The third kappa shape index (κ3) is 4.53. The molecule has 3 N–H and O–H groups in total. The fourth-order valence-corrected chi connectivity index (χ4v) is 1.63. The highest BCUT2D eigenvalue weighted by molar-refractivity contribution is 5.85. The summed E-state index contributed by atoms with van der Waals surface area (Å²) >= 11 is 0. The van der Waals surface area contributed by atoms with Gasteiger partial charge in [0.25, 0.3) is 0 Å². The van der Waals surface area contributed by atoms with Crippen molar-refractivity contribution in [1.82, 2.24) is 10.6 Å². The first kappa shape index (κ1) is 15.9. The Bertz CT molecular complexity index is 515. The van der Waals surface area contributed by atoms with Crippen molar-refractivity contribution >= 4 is 12.0 Å². The lowest BCUT2D eigenvalue weighted by atomic mass is 10.1. The number of carbonyl (C=O) groups excluding carboxylic acids is 1. The van der Waals surface area contributed by atoms with Gasteiger partial charge in [0, 0.05) is 6.54 Å². The second-order valence-corrected chi connectivity index (χ2v) is 5.13. The minimum atomic E-state index is -1.32. The summed E-state index contributed by atoms with van der Waals surface area (Å²) in [4.78, 5) is 22.4. The zero-order valence-corrected chi connectivity index (χ0v) is 11.8. The monoisotopic (exact) mass is 282 g/mol. The molecule has 0 atom stereocenters. The Hall–Kier alpha value is -2.11. The van der Waals surface area contributed by atoms with E-state index in [0.29, 0.717) is 13.0 Å². The maximum absolute atomic E-state index is 12.9. The lowest BCUT2D eigenvalue weighted by Crippen LogP contribution is -2.53. The minimum Gasteiger partial charge on any atom is -0.480 e. The fraction of sp³-hybridized carbons (Fsp3) is 0.429. The van der Waals surface area contributed by atoms with Crippen LogP contribution in [0.25, 0.3) is 0 Å². The number of carbonyl (C=O) groups is 2. The number of hydrogen-bond donors (Lipinski definition) is 3. The van der Waals surface area contributed by atoms with Gasteiger partial charge < -0.3 is 15.7 Å². The smallest absolute Gasteiger partial charge is 0.328 e. The third-order valence-corrected chi connectivity index (χ3v) is 2.95. The van der Waals surface area contributed by atoms with Crippen molar-refractivity contribution in [3.63, 3.8) is 0 Å². The minimum absolute atomic E-state index is 0.292. The molecule has 0 unspecified atom stereocenters. The standard InChI is InChI=1S/C14H19FN2O3/c1-9-8-11(15)5-4-10(9)6-7-16-13(20)17-14(2,3)12(18)19/h4-5,8H,6-7H2,1-3H3,(H,18,19)(H2,16,17,20).